The Morgan fingerprint density at radius 3 is 1.38 bits per heavy atom. The van der Waals surface area contributed by atoms with E-state index in [9.17, 15) is 8.42 Å². The van der Waals surface area contributed by atoms with Gasteiger partial charge in [0, 0.05) is 0 Å². The van der Waals surface area contributed by atoms with Crippen LogP contribution >= 0.6 is 0 Å². The Morgan fingerprint density at radius 2 is 1.12 bits per heavy atom. The molecular weight excluding hydrogens is 358 g/mol. The van der Waals surface area contributed by atoms with Gasteiger partial charge >= 0.3 is 10.4 Å². The maximum absolute atomic E-state index is 10.3. The van der Waals surface area contributed by atoms with E-state index >= 15 is 0 Å². The van der Waals surface area contributed by atoms with Gasteiger partial charge in [0.25, 0.3) is 0 Å². The number of hydrogen-bond acceptors (Lipinski definition) is 6. The van der Waals surface area contributed by atoms with Crippen LogP contribution in [0.5, 0.6) is 0 Å². The third-order valence-corrected chi connectivity index (χ3v) is 4.18. The molecule has 0 heterocycles. The lowest BCUT2D eigenvalue weighted by Crippen LogP contribution is -2.33. The Kier molecular flexibility index (Phi) is 21.0. The predicted molar refractivity (Wildman–Crippen MR) is 105 cm³/mol. The first kappa shape index (κ1) is 28.0. The zero-order valence-corrected chi connectivity index (χ0v) is 17.6. The van der Waals surface area contributed by atoms with Crippen LogP contribution in [0.15, 0.2) is 0 Å². The third-order valence-electron chi connectivity index (χ3n) is 3.71. The standard InChI is InChI=1S/C14H30O4S.C4H11NO2/c1-2-3-4-5-6-7-8-9-10-11-12-13-14-18-19(15,16)17;1-3(6)5-4(2)7/h2-14H2,1H3,(H,15,16,17);3-7H,1-2H3. The SMILES string of the molecule is CC(O)NC(C)O.CCCCCCCCCCCCCCOS(=O)(=O)O. The van der Waals surface area contributed by atoms with Crippen LogP contribution in [0.2, 0.25) is 0 Å². The molecule has 8 heteroatoms. The number of unbranched alkanes of at least 4 members (excludes halogenated alkanes) is 11. The van der Waals surface area contributed by atoms with Crippen LogP contribution in [0.3, 0.4) is 0 Å². The third kappa shape index (κ3) is 31.5. The van der Waals surface area contributed by atoms with E-state index in [1.54, 1.807) is 13.8 Å². The second-order valence-corrected chi connectivity index (χ2v) is 7.75. The molecule has 0 aromatic carbocycles. The van der Waals surface area contributed by atoms with Crippen molar-refractivity contribution in [1.82, 2.24) is 5.32 Å². The van der Waals surface area contributed by atoms with E-state index in [-0.39, 0.29) is 6.61 Å². The van der Waals surface area contributed by atoms with Gasteiger partial charge < -0.3 is 10.2 Å². The lowest BCUT2D eigenvalue weighted by Gasteiger charge is -2.08. The first-order valence-corrected chi connectivity index (χ1v) is 11.3. The first-order chi connectivity index (χ1) is 12.2. The molecule has 0 aromatic rings. The minimum absolute atomic E-state index is 0.0935. The molecule has 0 aromatic heterocycles. The Balaban J connectivity index is 0. The fourth-order valence-corrected chi connectivity index (χ4v) is 2.78. The fourth-order valence-electron chi connectivity index (χ4n) is 2.46. The summed E-state index contributed by atoms with van der Waals surface area (Å²) in [5.74, 6) is 0. The van der Waals surface area contributed by atoms with Gasteiger partial charge in [0.15, 0.2) is 0 Å². The summed E-state index contributed by atoms with van der Waals surface area (Å²) >= 11 is 0. The topological polar surface area (TPSA) is 116 Å². The lowest BCUT2D eigenvalue weighted by atomic mass is 10.1. The maximum Gasteiger partial charge on any atom is 0.397 e. The quantitative estimate of drug-likeness (QED) is 0.177. The maximum atomic E-state index is 10.3. The second-order valence-electron chi connectivity index (χ2n) is 6.66. The molecule has 26 heavy (non-hydrogen) atoms. The van der Waals surface area contributed by atoms with Crippen molar-refractivity contribution < 1.29 is 27.4 Å². The molecule has 160 valence electrons. The van der Waals surface area contributed by atoms with Gasteiger partial charge in [-0.25, -0.2) is 4.18 Å². The van der Waals surface area contributed by atoms with E-state index in [0.29, 0.717) is 6.42 Å². The van der Waals surface area contributed by atoms with E-state index in [4.69, 9.17) is 14.8 Å². The molecule has 0 bridgehead atoms. The monoisotopic (exact) mass is 399 g/mol. The van der Waals surface area contributed by atoms with E-state index in [1.165, 1.54) is 57.8 Å². The number of aliphatic hydroxyl groups excluding tert-OH is 2. The van der Waals surface area contributed by atoms with Crippen molar-refractivity contribution in [1.29, 1.82) is 0 Å². The smallest absolute Gasteiger partial charge is 0.379 e. The summed E-state index contributed by atoms with van der Waals surface area (Å²) in [5, 5.41) is 19.3. The largest absolute Gasteiger partial charge is 0.397 e. The molecule has 4 N–H and O–H groups in total. The number of aliphatic hydroxyl groups is 2. The Labute approximate surface area is 160 Å². The molecule has 0 saturated carbocycles. The van der Waals surface area contributed by atoms with Crippen molar-refractivity contribution in [2.75, 3.05) is 6.61 Å². The van der Waals surface area contributed by atoms with Crippen LogP contribution in [-0.2, 0) is 14.6 Å². The molecular formula is C18H41NO6S. The average molecular weight is 400 g/mol. The molecule has 2 atom stereocenters. The number of nitrogens with one attached hydrogen (secondary N) is 1. The Bertz CT molecular complexity index is 368. The normalized spacial score (nSPS) is 13.8. The van der Waals surface area contributed by atoms with E-state index < -0.39 is 22.9 Å². The molecule has 0 rings (SSSR count). The highest BCUT2D eigenvalue weighted by molar-refractivity contribution is 7.80. The fraction of sp³-hybridized carbons (Fsp3) is 1.00. The molecule has 0 saturated heterocycles. The molecule has 0 spiro atoms. The van der Waals surface area contributed by atoms with E-state index in [2.05, 4.69) is 16.4 Å². The highest BCUT2D eigenvalue weighted by atomic mass is 32.3. The van der Waals surface area contributed by atoms with Crippen molar-refractivity contribution in [2.45, 2.75) is 110 Å². The van der Waals surface area contributed by atoms with Crippen molar-refractivity contribution in [2.24, 2.45) is 0 Å². The second kappa shape index (κ2) is 19.5. The summed E-state index contributed by atoms with van der Waals surface area (Å²) < 4.78 is 33.1. The van der Waals surface area contributed by atoms with Gasteiger partial charge in [-0.3, -0.25) is 9.87 Å². The molecule has 0 aliphatic rings. The van der Waals surface area contributed by atoms with Gasteiger partial charge in [0.1, 0.15) is 12.5 Å². The van der Waals surface area contributed by atoms with Crippen molar-refractivity contribution in [3.63, 3.8) is 0 Å². The van der Waals surface area contributed by atoms with Crippen molar-refractivity contribution >= 4 is 10.4 Å². The van der Waals surface area contributed by atoms with Gasteiger partial charge in [-0.15, -0.1) is 0 Å². The average Bonchev–Trinajstić information content (AvgIpc) is 2.50. The molecule has 2 unspecified atom stereocenters. The molecule has 0 amide bonds. The number of rotatable bonds is 16. The first-order valence-electron chi connectivity index (χ1n) is 9.93. The van der Waals surface area contributed by atoms with Crippen LogP contribution in [-0.4, -0.2) is 42.2 Å². The highest BCUT2D eigenvalue weighted by Crippen LogP contribution is 2.11. The molecule has 0 aliphatic heterocycles. The summed E-state index contributed by atoms with van der Waals surface area (Å²) in [5.41, 5.74) is 0. The summed E-state index contributed by atoms with van der Waals surface area (Å²) in [6.45, 7) is 5.43. The Morgan fingerprint density at radius 1 is 0.769 bits per heavy atom. The molecule has 0 fully saturated rings. The zero-order valence-electron chi connectivity index (χ0n) is 16.8. The minimum Gasteiger partial charge on any atom is -0.379 e. The van der Waals surface area contributed by atoms with Crippen LogP contribution in [0, 0.1) is 0 Å². The summed E-state index contributed by atoms with van der Waals surface area (Å²) in [6, 6.07) is 0. The molecule has 0 radical (unpaired) electrons. The van der Waals surface area contributed by atoms with Crippen LogP contribution in [0.4, 0.5) is 0 Å². The predicted octanol–water partition coefficient (Wildman–Crippen LogP) is 3.76. The van der Waals surface area contributed by atoms with Gasteiger partial charge in [-0.1, -0.05) is 77.6 Å². The molecule has 7 nitrogen and oxygen atoms in total. The van der Waals surface area contributed by atoms with Crippen molar-refractivity contribution in [3.8, 4) is 0 Å². The van der Waals surface area contributed by atoms with Crippen molar-refractivity contribution in [3.05, 3.63) is 0 Å². The van der Waals surface area contributed by atoms with Gasteiger partial charge in [-0.2, -0.15) is 8.42 Å². The van der Waals surface area contributed by atoms with E-state index in [0.717, 1.165) is 12.8 Å². The van der Waals surface area contributed by atoms with Gasteiger partial charge in [0.05, 0.1) is 6.61 Å². The van der Waals surface area contributed by atoms with Gasteiger partial charge in [-0.05, 0) is 20.3 Å². The van der Waals surface area contributed by atoms with Crippen LogP contribution in [0.1, 0.15) is 97.8 Å². The van der Waals surface area contributed by atoms with Crippen LogP contribution in [0.25, 0.3) is 0 Å². The summed E-state index contributed by atoms with van der Waals surface area (Å²) in [7, 11) is -4.24. The summed E-state index contributed by atoms with van der Waals surface area (Å²) in [6.07, 6.45) is 13.4. The Hall–Kier alpha value is -0.250. The molecule has 0 aliphatic carbocycles. The highest BCUT2D eigenvalue weighted by Gasteiger charge is 2.02. The lowest BCUT2D eigenvalue weighted by molar-refractivity contribution is 0.0632. The zero-order chi connectivity index (χ0) is 20.3. The number of hydrogen-bond donors (Lipinski definition) is 4. The van der Waals surface area contributed by atoms with Gasteiger partial charge in [0.2, 0.25) is 0 Å². The van der Waals surface area contributed by atoms with Crippen LogP contribution < -0.4 is 5.32 Å². The summed E-state index contributed by atoms with van der Waals surface area (Å²) in [4.78, 5) is 0. The minimum atomic E-state index is -4.24. The van der Waals surface area contributed by atoms with E-state index in [1.807, 2.05) is 0 Å².